The highest BCUT2D eigenvalue weighted by molar-refractivity contribution is 7.92. The lowest BCUT2D eigenvalue weighted by Crippen LogP contribution is -2.14. The van der Waals surface area contributed by atoms with Gasteiger partial charge in [0.25, 0.3) is 10.0 Å². The molecule has 0 aliphatic carbocycles. The van der Waals surface area contributed by atoms with Gasteiger partial charge >= 0.3 is 5.97 Å². The summed E-state index contributed by atoms with van der Waals surface area (Å²) in [5.74, 6) is -1.15. The Morgan fingerprint density at radius 2 is 2.00 bits per heavy atom. The number of hydrogen-bond donors (Lipinski definition) is 2. The Bertz CT molecular complexity index is 946. The van der Waals surface area contributed by atoms with Gasteiger partial charge in [0.2, 0.25) is 0 Å². The van der Waals surface area contributed by atoms with Crippen molar-refractivity contribution in [3.63, 3.8) is 0 Å². The minimum atomic E-state index is -3.71. The molecule has 9 heteroatoms. The van der Waals surface area contributed by atoms with Gasteiger partial charge in [-0.15, -0.1) is 0 Å². The number of benzene rings is 1. The maximum absolute atomic E-state index is 12.3. The van der Waals surface area contributed by atoms with Gasteiger partial charge in [-0.25, -0.2) is 17.9 Å². The number of aromatic nitrogens is 2. The third-order valence-electron chi connectivity index (χ3n) is 3.01. The minimum absolute atomic E-state index is 0.125. The molecule has 2 heterocycles. The van der Waals surface area contributed by atoms with E-state index in [0.29, 0.717) is 11.4 Å². The van der Waals surface area contributed by atoms with Crippen LogP contribution in [0.5, 0.6) is 0 Å². The number of rotatable bonds is 5. The zero-order valence-corrected chi connectivity index (χ0v) is 13.2. The molecule has 3 aromatic rings. The topological polar surface area (TPSA) is 101 Å². The minimum Gasteiger partial charge on any atom is -0.476 e. The average Bonchev–Trinajstić information content (AvgIpc) is 3.19. The van der Waals surface area contributed by atoms with E-state index in [2.05, 4.69) is 9.82 Å². The summed E-state index contributed by atoms with van der Waals surface area (Å²) >= 11 is 1.28. The first kappa shape index (κ1) is 15.3. The molecular formula is C14H11N3O4S2. The Labute approximate surface area is 135 Å². The van der Waals surface area contributed by atoms with E-state index in [0.717, 1.165) is 0 Å². The van der Waals surface area contributed by atoms with E-state index in [4.69, 9.17) is 5.11 Å². The van der Waals surface area contributed by atoms with Gasteiger partial charge in [-0.05, 0) is 29.6 Å². The van der Waals surface area contributed by atoms with Gasteiger partial charge in [0, 0.05) is 11.6 Å². The molecule has 0 fully saturated rings. The molecule has 2 aromatic heterocycles. The number of hydrogen-bond acceptors (Lipinski definition) is 5. The zero-order valence-electron chi connectivity index (χ0n) is 11.6. The highest BCUT2D eigenvalue weighted by atomic mass is 32.2. The Morgan fingerprint density at radius 3 is 2.65 bits per heavy atom. The van der Waals surface area contributed by atoms with E-state index >= 15 is 0 Å². The smallest absolute Gasteiger partial charge is 0.356 e. The van der Waals surface area contributed by atoms with Gasteiger partial charge < -0.3 is 5.11 Å². The number of nitrogens with zero attached hydrogens (tertiary/aromatic N) is 2. The third-order valence-corrected chi connectivity index (χ3v) is 5.20. The molecule has 0 saturated heterocycles. The predicted octanol–water partition coefficient (Wildman–Crippen LogP) is 2.43. The summed E-state index contributed by atoms with van der Waals surface area (Å²) < 4.78 is 28.5. The lowest BCUT2D eigenvalue weighted by molar-refractivity contribution is 0.0690. The second-order valence-corrected chi connectivity index (χ2v) is 6.99. The lowest BCUT2D eigenvalue weighted by Gasteiger charge is -2.11. The molecule has 118 valence electrons. The molecule has 0 aliphatic heterocycles. The van der Waals surface area contributed by atoms with Crippen LogP contribution in [-0.4, -0.2) is 29.3 Å². The number of carboxylic acids is 1. The predicted molar refractivity (Wildman–Crippen MR) is 85.7 cm³/mol. The van der Waals surface area contributed by atoms with Gasteiger partial charge in [0.1, 0.15) is 0 Å². The van der Waals surface area contributed by atoms with E-state index in [1.807, 2.05) is 0 Å². The normalized spacial score (nSPS) is 11.3. The summed E-state index contributed by atoms with van der Waals surface area (Å²) in [5.41, 5.74) is 0.609. The first-order valence-electron chi connectivity index (χ1n) is 6.41. The van der Waals surface area contributed by atoms with Crippen molar-refractivity contribution in [1.82, 2.24) is 9.78 Å². The quantitative estimate of drug-likeness (QED) is 0.737. The summed E-state index contributed by atoms with van der Waals surface area (Å²) in [7, 11) is -3.71. The Morgan fingerprint density at radius 1 is 1.22 bits per heavy atom. The van der Waals surface area contributed by atoms with E-state index in [1.165, 1.54) is 39.7 Å². The summed E-state index contributed by atoms with van der Waals surface area (Å²) in [4.78, 5) is 11.1. The van der Waals surface area contributed by atoms with Gasteiger partial charge in [-0.2, -0.15) is 16.4 Å². The fourth-order valence-corrected chi connectivity index (χ4v) is 4.04. The molecule has 1 aromatic carbocycles. The van der Waals surface area contributed by atoms with Crippen LogP contribution in [0.1, 0.15) is 10.5 Å². The van der Waals surface area contributed by atoms with Crippen LogP contribution >= 0.6 is 11.3 Å². The summed E-state index contributed by atoms with van der Waals surface area (Å²) in [5, 5.41) is 16.1. The molecule has 0 unspecified atom stereocenters. The maximum atomic E-state index is 12.3. The third kappa shape index (κ3) is 3.10. The van der Waals surface area contributed by atoms with E-state index in [1.54, 1.807) is 29.6 Å². The van der Waals surface area contributed by atoms with Crippen molar-refractivity contribution in [3.8, 4) is 5.69 Å². The van der Waals surface area contributed by atoms with E-state index < -0.39 is 16.0 Å². The number of carbonyl (C=O) groups is 1. The van der Waals surface area contributed by atoms with Crippen molar-refractivity contribution in [1.29, 1.82) is 0 Å². The number of thiophene rings is 1. The summed E-state index contributed by atoms with van der Waals surface area (Å²) in [6, 6.07) is 9.46. The molecule has 23 heavy (non-hydrogen) atoms. The second kappa shape index (κ2) is 5.86. The second-order valence-electron chi connectivity index (χ2n) is 4.53. The molecule has 0 atom stereocenters. The van der Waals surface area contributed by atoms with Crippen LogP contribution in [-0.2, 0) is 10.0 Å². The number of para-hydroxylation sites is 2. The van der Waals surface area contributed by atoms with Crippen LogP contribution < -0.4 is 4.72 Å². The molecule has 0 radical (unpaired) electrons. The largest absolute Gasteiger partial charge is 0.476 e. The van der Waals surface area contributed by atoms with Crippen molar-refractivity contribution < 1.29 is 18.3 Å². The molecule has 0 bridgehead atoms. The van der Waals surface area contributed by atoms with Crippen molar-refractivity contribution in [3.05, 3.63) is 59.0 Å². The monoisotopic (exact) mass is 349 g/mol. The number of sulfonamides is 1. The fourth-order valence-electron chi connectivity index (χ4n) is 1.94. The van der Waals surface area contributed by atoms with Crippen LogP contribution in [0.25, 0.3) is 5.69 Å². The SMILES string of the molecule is O=C(O)c1ccn(-c2ccccc2NS(=O)(=O)c2ccsc2)n1. The number of carboxylic acid groups (broad SMARTS) is 1. The highest BCUT2D eigenvalue weighted by Crippen LogP contribution is 2.24. The summed E-state index contributed by atoms with van der Waals surface area (Å²) in [6.45, 7) is 0. The van der Waals surface area contributed by atoms with Crippen LogP contribution in [0.2, 0.25) is 0 Å². The van der Waals surface area contributed by atoms with Crippen LogP contribution in [0.15, 0.2) is 58.3 Å². The highest BCUT2D eigenvalue weighted by Gasteiger charge is 2.17. The Balaban J connectivity index is 2.00. The molecular weight excluding hydrogens is 338 g/mol. The van der Waals surface area contributed by atoms with Crippen molar-refractivity contribution in [2.24, 2.45) is 0 Å². The van der Waals surface area contributed by atoms with Gasteiger partial charge in [0.05, 0.1) is 16.3 Å². The molecule has 0 aliphatic rings. The molecule has 7 nitrogen and oxygen atoms in total. The fraction of sp³-hybridized carbons (Fsp3) is 0. The van der Waals surface area contributed by atoms with Crippen molar-refractivity contribution in [2.45, 2.75) is 4.90 Å². The number of anilines is 1. The van der Waals surface area contributed by atoms with Gasteiger partial charge in [-0.3, -0.25) is 4.72 Å². The molecule has 2 N–H and O–H groups in total. The van der Waals surface area contributed by atoms with Crippen molar-refractivity contribution >= 4 is 33.0 Å². The van der Waals surface area contributed by atoms with Crippen molar-refractivity contribution in [2.75, 3.05) is 4.72 Å². The zero-order chi connectivity index (χ0) is 16.4. The first-order chi connectivity index (χ1) is 11.0. The maximum Gasteiger partial charge on any atom is 0.356 e. The molecule has 0 amide bonds. The standard InChI is InChI=1S/C14H11N3O4S2/c18-14(19)12-5-7-17(15-12)13-4-2-1-3-11(13)16-23(20,21)10-6-8-22-9-10/h1-9,16H,(H,18,19). The van der Waals surface area contributed by atoms with Gasteiger partial charge in [0.15, 0.2) is 5.69 Å². The Hall–Kier alpha value is -2.65. The van der Waals surface area contributed by atoms with Gasteiger partial charge in [-0.1, -0.05) is 12.1 Å². The first-order valence-corrected chi connectivity index (χ1v) is 8.83. The van der Waals surface area contributed by atoms with E-state index in [-0.39, 0.29) is 10.6 Å². The lowest BCUT2D eigenvalue weighted by atomic mass is 10.3. The van der Waals surface area contributed by atoms with E-state index in [9.17, 15) is 13.2 Å². The van der Waals surface area contributed by atoms with Crippen LogP contribution in [0.3, 0.4) is 0 Å². The average molecular weight is 349 g/mol. The van der Waals surface area contributed by atoms with Crippen LogP contribution in [0, 0.1) is 0 Å². The molecule has 0 spiro atoms. The number of aromatic carboxylic acids is 1. The molecule has 3 rings (SSSR count). The molecule has 0 saturated carbocycles. The summed E-state index contributed by atoms with van der Waals surface area (Å²) in [6.07, 6.45) is 1.46. The van der Waals surface area contributed by atoms with Crippen LogP contribution in [0.4, 0.5) is 5.69 Å². The Kier molecular flexibility index (Phi) is 3.89. The number of nitrogens with one attached hydrogen (secondary N) is 1.